The lowest BCUT2D eigenvalue weighted by Crippen LogP contribution is -2.42. The SMILES string of the molecule is CC(N=CC1CCC(CO[Si](C)(C)C(C)(C)C)CC1)c1ccccc1. The molecular weight excluding hydrogens is 322 g/mol. The lowest BCUT2D eigenvalue weighted by Gasteiger charge is -2.38. The molecule has 0 heterocycles. The number of hydrogen-bond acceptors (Lipinski definition) is 2. The van der Waals surface area contributed by atoms with Crippen LogP contribution in [-0.2, 0) is 4.43 Å². The van der Waals surface area contributed by atoms with Crippen LogP contribution in [0.1, 0.15) is 65.0 Å². The summed E-state index contributed by atoms with van der Waals surface area (Å²) in [6.07, 6.45) is 7.31. The first-order valence-electron chi connectivity index (χ1n) is 9.91. The van der Waals surface area contributed by atoms with E-state index in [1.165, 1.54) is 31.2 Å². The van der Waals surface area contributed by atoms with Crippen LogP contribution in [0.5, 0.6) is 0 Å². The molecule has 0 spiro atoms. The third-order valence-electron chi connectivity index (χ3n) is 6.18. The Kier molecular flexibility index (Phi) is 7.04. The molecule has 1 saturated carbocycles. The van der Waals surface area contributed by atoms with Crippen LogP contribution < -0.4 is 0 Å². The average Bonchev–Trinajstić information content (AvgIpc) is 2.58. The van der Waals surface area contributed by atoms with Crippen molar-refractivity contribution in [3.05, 3.63) is 35.9 Å². The van der Waals surface area contributed by atoms with Crippen LogP contribution in [0.2, 0.25) is 18.1 Å². The van der Waals surface area contributed by atoms with Gasteiger partial charge < -0.3 is 4.43 Å². The molecule has 0 aliphatic heterocycles. The van der Waals surface area contributed by atoms with Gasteiger partial charge in [0, 0.05) is 12.8 Å². The highest BCUT2D eigenvalue weighted by Crippen LogP contribution is 2.38. The molecule has 0 N–H and O–H groups in total. The lowest BCUT2D eigenvalue weighted by molar-refractivity contribution is 0.185. The van der Waals surface area contributed by atoms with E-state index in [2.05, 4.69) is 77.3 Å². The van der Waals surface area contributed by atoms with Crippen molar-refractivity contribution in [2.45, 2.75) is 77.6 Å². The highest BCUT2D eigenvalue weighted by molar-refractivity contribution is 6.74. The summed E-state index contributed by atoms with van der Waals surface area (Å²) in [7, 11) is -1.60. The van der Waals surface area contributed by atoms with Crippen LogP contribution in [0.3, 0.4) is 0 Å². The number of nitrogens with zero attached hydrogens (tertiary/aromatic N) is 1. The van der Waals surface area contributed by atoms with Crippen molar-refractivity contribution in [1.29, 1.82) is 0 Å². The molecule has 1 fully saturated rings. The molecule has 2 nitrogen and oxygen atoms in total. The van der Waals surface area contributed by atoms with E-state index in [0.717, 1.165) is 12.5 Å². The van der Waals surface area contributed by atoms with Gasteiger partial charge in [0.1, 0.15) is 0 Å². The largest absolute Gasteiger partial charge is 0.417 e. The van der Waals surface area contributed by atoms with E-state index in [0.29, 0.717) is 11.0 Å². The Morgan fingerprint density at radius 3 is 2.28 bits per heavy atom. The van der Waals surface area contributed by atoms with Crippen molar-refractivity contribution in [2.75, 3.05) is 6.61 Å². The summed E-state index contributed by atoms with van der Waals surface area (Å²) >= 11 is 0. The minimum Gasteiger partial charge on any atom is -0.417 e. The monoisotopic (exact) mass is 359 g/mol. The van der Waals surface area contributed by atoms with E-state index in [1.807, 2.05) is 0 Å². The Hall–Kier alpha value is -0.933. The van der Waals surface area contributed by atoms with Gasteiger partial charge in [-0.05, 0) is 68.1 Å². The molecule has 1 aliphatic carbocycles. The van der Waals surface area contributed by atoms with Crippen molar-refractivity contribution < 1.29 is 4.43 Å². The second-order valence-corrected chi connectivity index (χ2v) is 14.0. The summed E-state index contributed by atoms with van der Waals surface area (Å²) < 4.78 is 6.43. The number of hydrogen-bond donors (Lipinski definition) is 0. The minimum absolute atomic E-state index is 0.265. The molecule has 0 bridgehead atoms. The van der Waals surface area contributed by atoms with Gasteiger partial charge in [-0.1, -0.05) is 51.1 Å². The predicted molar refractivity (Wildman–Crippen MR) is 112 cm³/mol. The van der Waals surface area contributed by atoms with Crippen LogP contribution >= 0.6 is 0 Å². The van der Waals surface area contributed by atoms with Crippen molar-refractivity contribution in [3.63, 3.8) is 0 Å². The fourth-order valence-electron chi connectivity index (χ4n) is 3.12. The highest BCUT2D eigenvalue weighted by Gasteiger charge is 2.37. The second kappa shape index (κ2) is 8.63. The van der Waals surface area contributed by atoms with E-state index < -0.39 is 8.32 Å². The van der Waals surface area contributed by atoms with Gasteiger partial charge in [0.15, 0.2) is 8.32 Å². The van der Waals surface area contributed by atoms with Gasteiger partial charge in [0.25, 0.3) is 0 Å². The van der Waals surface area contributed by atoms with E-state index in [1.54, 1.807) is 0 Å². The molecule has 1 atom stereocenters. The van der Waals surface area contributed by atoms with Gasteiger partial charge in [0.2, 0.25) is 0 Å². The highest BCUT2D eigenvalue weighted by atomic mass is 28.4. The molecule has 1 aromatic rings. The molecule has 0 saturated heterocycles. The smallest absolute Gasteiger partial charge is 0.191 e. The Bertz CT molecular complexity index is 539. The standard InChI is InChI=1S/C22H37NOSi/c1-18(21-10-8-7-9-11-21)23-16-19-12-14-20(15-13-19)17-24-25(5,6)22(2,3)4/h7-11,16,18-20H,12-15,17H2,1-6H3. The predicted octanol–water partition coefficient (Wildman–Crippen LogP) is 6.65. The van der Waals surface area contributed by atoms with Crippen LogP contribution in [0.25, 0.3) is 0 Å². The zero-order chi connectivity index (χ0) is 18.5. The molecule has 1 aliphatic rings. The van der Waals surface area contributed by atoms with Crippen LogP contribution in [0.4, 0.5) is 0 Å². The Morgan fingerprint density at radius 2 is 1.72 bits per heavy atom. The zero-order valence-electron chi connectivity index (χ0n) is 17.1. The van der Waals surface area contributed by atoms with Gasteiger partial charge in [-0.25, -0.2) is 0 Å². The maximum absolute atomic E-state index is 6.43. The third kappa shape index (κ3) is 6.07. The third-order valence-corrected chi connectivity index (χ3v) is 10.7. The minimum atomic E-state index is -1.60. The fourth-order valence-corrected chi connectivity index (χ4v) is 4.20. The normalized spacial score (nSPS) is 23.8. The molecule has 3 heteroatoms. The topological polar surface area (TPSA) is 21.6 Å². The maximum atomic E-state index is 6.43. The summed E-state index contributed by atoms with van der Waals surface area (Å²) in [6, 6.07) is 10.8. The summed E-state index contributed by atoms with van der Waals surface area (Å²) in [5, 5.41) is 0.310. The van der Waals surface area contributed by atoms with Crippen molar-refractivity contribution in [3.8, 4) is 0 Å². The van der Waals surface area contributed by atoms with Crippen LogP contribution in [0.15, 0.2) is 35.3 Å². The molecule has 140 valence electrons. The van der Waals surface area contributed by atoms with Crippen molar-refractivity contribution in [2.24, 2.45) is 16.8 Å². The molecule has 1 unspecified atom stereocenters. The van der Waals surface area contributed by atoms with E-state index >= 15 is 0 Å². The molecule has 0 amide bonds. The van der Waals surface area contributed by atoms with E-state index in [-0.39, 0.29) is 6.04 Å². The molecule has 0 aromatic heterocycles. The van der Waals surface area contributed by atoms with Gasteiger partial charge in [0.05, 0.1) is 6.04 Å². The Balaban J connectivity index is 1.75. The fraction of sp³-hybridized carbons (Fsp3) is 0.682. The first-order chi connectivity index (χ1) is 11.7. The molecule has 25 heavy (non-hydrogen) atoms. The Labute approximate surface area is 156 Å². The van der Waals surface area contributed by atoms with Gasteiger partial charge in [-0.3, -0.25) is 4.99 Å². The quantitative estimate of drug-likeness (QED) is 0.412. The molecule has 0 radical (unpaired) electrons. The van der Waals surface area contributed by atoms with Gasteiger partial charge in [-0.2, -0.15) is 0 Å². The van der Waals surface area contributed by atoms with Crippen LogP contribution in [-0.4, -0.2) is 21.1 Å². The molecular formula is C22H37NOSi. The maximum Gasteiger partial charge on any atom is 0.191 e. The average molecular weight is 360 g/mol. The second-order valence-electron chi connectivity index (χ2n) is 9.24. The summed E-state index contributed by atoms with van der Waals surface area (Å²) in [5.41, 5.74) is 1.30. The molecule has 1 aromatic carbocycles. The van der Waals surface area contributed by atoms with Gasteiger partial charge in [-0.15, -0.1) is 0 Å². The van der Waals surface area contributed by atoms with Crippen molar-refractivity contribution >= 4 is 14.5 Å². The lowest BCUT2D eigenvalue weighted by atomic mass is 9.83. The van der Waals surface area contributed by atoms with Crippen molar-refractivity contribution in [1.82, 2.24) is 0 Å². The summed E-state index contributed by atoms with van der Waals surface area (Å²) in [5.74, 6) is 1.39. The van der Waals surface area contributed by atoms with E-state index in [4.69, 9.17) is 9.42 Å². The number of benzene rings is 1. The summed E-state index contributed by atoms with van der Waals surface area (Å²) in [4.78, 5) is 4.81. The summed E-state index contributed by atoms with van der Waals surface area (Å²) in [6.45, 7) is 14.8. The Morgan fingerprint density at radius 1 is 1.12 bits per heavy atom. The first kappa shape index (κ1) is 20.4. The number of rotatable bonds is 6. The first-order valence-corrected chi connectivity index (χ1v) is 12.8. The van der Waals surface area contributed by atoms with Crippen LogP contribution in [0, 0.1) is 11.8 Å². The molecule has 2 rings (SSSR count). The van der Waals surface area contributed by atoms with E-state index in [9.17, 15) is 0 Å². The number of aliphatic imine (C=N–C) groups is 1. The zero-order valence-corrected chi connectivity index (χ0v) is 18.1. The van der Waals surface area contributed by atoms with Gasteiger partial charge >= 0.3 is 0 Å².